The Morgan fingerprint density at radius 2 is 0.865 bits per heavy atom. The predicted molar refractivity (Wildman–Crippen MR) is 165 cm³/mol. The molecule has 2 heteroatoms. The summed E-state index contributed by atoms with van der Waals surface area (Å²) in [5, 5.41) is 0. The molecule has 1 aromatic heterocycles. The first kappa shape index (κ1) is 34.2. The molecule has 0 aromatic carbocycles. The van der Waals surface area contributed by atoms with Gasteiger partial charge in [0, 0.05) is 6.42 Å². The predicted octanol–water partition coefficient (Wildman–Crippen LogP) is 11.7. The van der Waals surface area contributed by atoms with E-state index < -0.39 is 0 Å². The highest BCUT2D eigenvalue weighted by atomic mass is 15.2. The van der Waals surface area contributed by atoms with E-state index in [9.17, 15) is 0 Å². The molecule has 0 N–H and O–H groups in total. The number of hydrogen-bond donors (Lipinski definition) is 0. The molecular formula is C35H69N2+. The van der Waals surface area contributed by atoms with E-state index in [-0.39, 0.29) is 0 Å². The highest BCUT2D eigenvalue weighted by Crippen LogP contribution is 2.16. The Morgan fingerprint density at radius 1 is 0.514 bits per heavy atom. The van der Waals surface area contributed by atoms with E-state index in [1.807, 2.05) is 0 Å². The summed E-state index contributed by atoms with van der Waals surface area (Å²) in [4.78, 5) is 0. The van der Waals surface area contributed by atoms with E-state index in [0.29, 0.717) is 6.04 Å². The van der Waals surface area contributed by atoms with E-state index in [1.54, 1.807) is 5.82 Å². The van der Waals surface area contributed by atoms with Crippen LogP contribution in [0, 0.1) is 0 Å². The lowest BCUT2D eigenvalue weighted by Crippen LogP contribution is -2.37. The van der Waals surface area contributed by atoms with Crippen molar-refractivity contribution in [2.24, 2.45) is 0 Å². The fourth-order valence-corrected chi connectivity index (χ4v) is 5.84. The molecule has 0 aliphatic heterocycles. The molecule has 0 fully saturated rings. The highest BCUT2D eigenvalue weighted by molar-refractivity contribution is 4.86. The van der Waals surface area contributed by atoms with Crippen LogP contribution >= 0.6 is 0 Å². The molecule has 0 unspecified atom stereocenters. The summed E-state index contributed by atoms with van der Waals surface area (Å²) in [7, 11) is 0. The number of aryl methyl sites for hydroxylation is 1. The first-order chi connectivity index (χ1) is 18.2. The number of hydrogen-bond acceptors (Lipinski definition) is 0. The molecule has 1 aromatic rings. The van der Waals surface area contributed by atoms with Gasteiger partial charge in [-0.1, -0.05) is 155 Å². The Morgan fingerprint density at radius 3 is 1.24 bits per heavy atom. The second-order valence-electron chi connectivity index (χ2n) is 12.3. The molecule has 2 nitrogen and oxygen atoms in total. The summed E-state index contributed by atoms with van der Waals surface area (Å²) in [6, 6.07) is 0.570. The van der Waals surface area contributed by atoms with Crippen LogP contribution in [0.3, 0.4) is 0 Å². The van der Waals surface area contributed by atoms with Gasteiger partial charge in [0.25, 0.3) is 5.82 Å². The average molecular weight is 518 g/mol. The standard InChI is InChI=1S/C35H69N2/c1-5-7-9-11-13-15-16-17-18-19-20-21-22-24-26-28-30-35-36(32-33-37(35)34(3)4)31-29-27-25-23-14-12-10-8-6-2/h32-34H,5-31H2,1-4H3/q+1. The van der Waals surface area contributed by atoms with Crippen molar-refractivity contribution in [1.82, 2.24) is 4.57 Å². The monoisotopic (exact) mass is 518 g/mol. The SMILES string of the molecule is CCCCCCCCCCCCCCCCCCc1n(C(C)C)cc[n+]1CCCCCCCCCCC. The number of rotatable bonds is 28. The van der Waals surface area contributed by atoms with E-state index in [1.165, 1.54) is 173 Å². The molecule has 0 aliphatic rings. The molecule has 1 rings (SSSR count). The second kappa shape index (κ2) is 25.5. The van der Waals surface area contributed by atoms with Gasteiger partial charge < -0.3 is 0 Å². The maximum absolute atomic E-state index is 2.58. The van der Waals surface area contributed by atoms with Crippen LogP contribution in [0.25, 0.3) is 0 Å². The van der Waals surface area contributed by atoms with E-state index in [2.05, 4.69) is 49.2 Å². The van der Waals surface area contributed by atoms with Crippen molar-refractivity contribution in [2.75, 3.05) is 0 Å². The number of imidazole rings is 1. The van der Waals surface area contributed by atoms with Crippen molar-refractivity contribution in [3.8, 4) is 0 Å². The first-order valence-corrected chi connectivity index (χ1v) is 17.3. The van der Waals surface area contributed by atoms with Crippen LogP contribution in [0.4, 0.5) is 0 Å². The summed E-state index contributed by atoms with van der Waals surface area (Å²) < 4.78 is 5.10. The lowest BCUT2D eigenvalue weighted by molar-refractivity contribution is -0.704. The Bertz CT molecular complexity index is 588. The summed E-state index contributed by atoms with van der Waals surface area (Å²) in [6.45, 7) is 10.5. The van der Waals surface area contributed by atoms with Crippen LogP contribution < -0.4 is 4.57 Å². The van der Waals surface area contributed by atoms with Crippen molar-refractivity contribution < 1.29 is 4.57 Å². The topological polar surface area (TPSA) is 8.81 Å². The quantitative estimate of drug-likeness (QED) is 0.0771. The van der Waals surface area contributed by atoms with Gasteiger partial charge in [-0.2, -0.15) is 0 Å². The van der Waals surface area contributed by atoms with Crippen LogP contribution in [0.1, 0.15) is 200 Å². The first-order valence-electron chi connectivity index (χ1n) is 17.3. The van der Waals surface area contributed by atoms with Gasteiger partial charge in [0.05, 0.1) is 12.6 Å². The van der Waals surface area contributed by atoms with Crippen molar-refractivity contribution >= 4 is 0 Å². The third-order valence-electron chi connectivity index (χ3n) is 8.35. The van der Waals surface area contributed by atoms with Crippen molar-refractivity contribution in [3.05, 3.63) is 18.2 Å². The molecule has 1 heterocycles. The number of unbranched alkanes of at least 4 members (excludes halogenated alkanes) is 23. The van der Waals surface area contributed by atoms with Gasteiger partial charge in [-0.05, 0) is 33.1 Å². The lowest BCUT2D eigenvalue weighted by Gasteiger charge is -2.08. The average Bonchev–Trinajstić information content (AvgIpc) is 3.30. The van der Waals surface area contributed by atoms with E-state index in [0.717, 1.165) is 0 Å². The molecule has 37 heavy (non-hydrogen) atoms. The van der Waals surface area contributed by atoms with Gasteiger partial charge in [-0.15, -0.1) is 0 Å². The number of aromatic nitrogens is 2. The van der Waals surface area contributed by atoms with Gasteiger partial charge in [-0.3, -0.25) is 0 Å². The third kappa shape index (κ3) is 19.0. The van der Waals surface area contributed by atoms with Gasteiger partial charge in [0.2, 0.25) is 0 Å². The Hall–Kier alpha value is -0.790. The summed E-state index contributed by atoms with van der Waals surface area (Å²) in [6.07, 6.45) is 41.8. The zero-order valence-electron chi connectivity index (χ0n) is 26.2. The van der Waals surface area contributed by atoms with Crippen LogP contribution in [0.2, 0.25) is 0 Å². The van der Waals surface area contributed by atoms with Crippen molar-refractivity contribution in [3.63, 3.8) is 0 Å². The molecule has 0 saturated heterocycles. The minimum absolute atomic E-state index is 0.570. The van der Waals surface area contributed by atoms with Crippen LogP contribution in [0.15, 0.2) is 12.4 Å². The minimum atomic E-state index is 0.570. The molecule has 0 saturated carbocycles. The summed E-state index contributed by atoms with van der Waals surface area (Å²) >= 11 is 0. The van der Waals surface area contributed by atoms with Crippen LogP contribution in [0.5, 0.6) is 0 Å². The van der Waals surface area contributed by atoms with Crippen molar-refractivity contribution in [1.29, 1.82) is 0 Å². The molecule has 0 amide bonds. The van der Waals surface area contributed by atoms with E-state index in [4.69, 9.17) is 0 Å². The maximum atomic E-state index is 2.58. The molecule has 0 atom stereocenters. The zero-order valence-corrected chi connectivity index (χ0v) is 26.2. The van der Waals surface area contributed by atoms with Crippen molar-refractivity contribution in [2.45, 2.75) is 207 Å². The van der Waals surface area contributed by atoms with Crippen LogP contribution in [-0.4, -0.2) is 4.57 Å². The fraction of sp³-hybridized carbons (Fsp3) is 0.914. The normalized spacial score (nSPS) is 11.7. The second-order valence-corrected chi connectivity index (χ2v) is 12.3. The Kier molecular flexibility index (Phi) is 23.6. The fourth-order valence-electron chi connectivity index (χ4n) is 5.84. The Labute approximate surface area is 234 Å². The van der Waals surface area contributed by atoms with E-state index >= 15 is 0 Å². The molecular weight excluding hydrogens is 448 g/mol. The van der Waals surface area contributed by atoms with Gasteiger partial charge in [0.15, 0.2) is 0 Å². The highest BCUT2D eigenvalue weighted by Gasteiger charge is 2.18. The third-order valence-corrected chi connectivity index (χ3v) is 8.35. The largest absolute Gasteiger partial charge is 0.256 e. The number of nitrogens with zero attached hydrogens (tertiary/aromatic N) is 2. The van der Waals surface area contributed by atoms with Gasteiger partial charge in [0.1, 0.15) is 12.4 Å². The molecule has 0 radical (unpaired) electrons. The molecule has 0 aliphatic carbocycles. The lowest BCUT2D eigenvalue weighted by atomic mass is 10.0. The minimum Gasteiger partial charge on any atom is -0.234 e. The maximum Gasteiger partial charge on any atom is 0.256 e. The van der Waals surface area contributed by atoms with Crippen LogP contribution in [-0.2, 0) is 13.0 Å². The molecule has 0 bridgehead atoms. The summed E-state index contributed by atoms with van der Waals surface area (Å²) in [5.74, 6) is 1.57. The molecule has 218 valence electrons. The Balaban J connectivity index is 2.06. The zero-order chi connectivity index (χ0) is 26.8. The van der Waals surface area contributed by atoms with Gasteiger partial charge in [-0.25, -0.2) is 9.13 Å². The smallest absolute Gasteiger partial charge is 0.234 e. The molecule has 0 spiro atoms. The summed E-state index contributed by atoms with van der Waals surface area (Å²) in [5.41, 5.74) is 0. The van der Waals surface area contributed by atoms with Gasteiger partial charge >= 0.3 is 0 Å².